The molecular weight excluding hydrogens is 668 g/mol. The van der Waals surface area contributed by atoms with Crippen LogP contribution in [0.1, 0.15) is 60.4 Å². The first-order chi connectivity index (χ1) is 22.5. The van der Waals surface area contributed by atoms with Gasteiger partial charge in [0, 0.05) is 23.8 Å². The van der Waals surface area contributed by atoms with Gasteiger partial charge in [0.05, 0.1) is 0 Å². The van der Waals surface area contributed by atoms with Gasteiger partial charge in [-0.05, 0) is 60.4 Å². The summed E-state index contributed by atoms with van der Waals surface area (Å²) in [7, 11) is 0. The molecule has 0 spiro atoms. The number of unbranched alkanes of at least 4 members (excludes halogenated alkanes) is 3. The highest BCUT2D eigenvalue weighted by Gasteiger charge is 2.42. The Morgan fingerprint density at radius 3 is 1.56 bits per heavy atom. The lowest BCUT2D eigenvalue weighted by Gasteiger charge is -2.20. The average molecular weight is 693 g/mol. The maximum Gasteiger partial charge on any atom is 0.432 e. The molecule has 0 amide bonds. The van der Waals surface area contributed by atoms with Crippen molar-refractivity contribution >= 4 is 12.2 Å². The molecular formula is C34H24F12O2. The van der Waals surface area contributed by atoms with Gasteiger partial charge >= 0.3 is 12.2 Å². The molecule has 0 aromatic heterocycles. The third kappa shape index (κ3) is 8.45. The predicted octanol–water partition coefficient (Wildman–Crippen LogP) is 11.3. The first-order valence-corrected chi connectivity index (χ1v) is 14.3. The van der Waals surface area contributed by atoms with Crippen LogP contribution >= 0.6 is 0 Å². The Bertz CT molecular complexity index is 1750. The topological polar surface area (TPSA) is 18.5 Å². The first-order valence-electron chi connectivity index (χ1n) is 14.3. The van der Waals surface area contributed by atoms with E-state index in [-0.39, 0.29) is 29.7 Å². The summed E-state index contributed by atoms with van der Waals surface area (Å²) >= 11 is 0. The van der Waals surface area contributed by atoms with E-state index in [4.69, 9.17) is 0 Å². The van der Waals surface area contributed by atoms with Crippen LogP contribution in [0.2, 0.25) is 0 Å². The van der Waals surface area contributed by atoms with Crippen LogP contribution in [0.25, 0.3) is 12.2 Å². The summed E-state index contributed by atoms with van der Waals surface area (Å²) in [6.07, 6.45) is -4.14. The number of alkyl halides is 4. The predicted molar refractivity (Wildman–Crippen MR) is 151 cm³/mol. The minimum Gasteiger partial charge on any atom is -0.429 e. The van der Waals surface area contributed by atoms with Gasteiger partial charge < -0.3 is 9.47 Å². The molecule has 0 aliphatic heterocycles. The Morgan fingerprint density at radius 1 is 0.542 bits per heavy atom. The second-order valence-electron chi connectivity index (χ2n) is 10.6. The normalized spacial score (nSPS) is 12.2. The molecule has 48 heavy (non-hydrogen) atoms. The fourth-order valence-electron chi connectivity index (χ4n) is 4.65. The molecule has 14 heteroatoms. The van der Waals surface area contributed by atoms with Crippen molar-refractivity contribution in [3.05, 3.63) is 129 Å². The van der Waals surface area contributed by atoms with Crippen LogP contribution in [0.4, 0.5) is 52.7 Å². The standard InChI is InChI=1S/C34H24F12O2/c1-2-3-4-5-6-18-11-24(36)30(25(37)12-18)33(43,44)47-21-10-9-20(23(35)15-21)8-7-19-13-26(38)31(27(39)14-19)34(45,46)48-22-16-28(40)32(42)29(41)17-22/h7-17H,2-6H2,1H3. The number of halogens is 12. The zero-order chi connectivity index (χ0) is 35.4. The Labute approximate surface area is 266 Å². The Morgan fingerprint density at radius 2 is 1.04 bits per heavy atom. The molecule has 0 radical (unpaired) electrons. The van der Waals surface area contributed by atoms with Gasteiger partial charge in [0.2, 0.25) is 0 Å². The third-order valence-electron chi connectivity index (χ3n) is 6.94. The number of aryl methyl sites for hydroxylation is 1. The van der Waals surface area contributed by atoms with Crippen molar-refractivity contribution in [3.63, 3.8) is 0 Å². The number of hydrogen-bond donors (Lipinski definition) is 0. The summed E-state index contributed by atoms with van der Waals surface area (Å²) in [5.74, 6) is -16.0. The molecule has 0 saturated heterocycles. The summed E-state index contributed by atoms with van der Waals surface area (Å²) in [6.45, 7) is 1.97. The van der Waals surface area contributed by atoms with Gasteiger partial charge in [0.1, 0.15) is 51.7 Å². The summed E-state index contributed by atoms with van der Waals surface area (Å²) in [4.78, 5) is 0. The molecule has 0 saturated carbocycles. The summed E-state index contributed by atoms with van der Waals surface area (Å²) < 4.78 is 180. The number of hydrogen-bond acceptors (Lipinski definition) is 2. The molecule has 0 N–H and O–H groups in total. The zero-order valence-electron chi connectivity index (χ0n) is 24.7. The van der Waals surface area contributed by atoms with Gasteiger partial charge in [0.25, 0.3) is 0 Å². The van der Waals surface area contributed by atoms with E-state index in [0.29, 0.717) is 24.6 Å². The van der Waals surface area contributed by atoms with Crippen molar-refractivity contribution in [2.45, 2.75) is 51.2 Å². The van der Waals surface area contributed by atoms with Crippen LogP contribution in [-0.4, -0.2) is 0 Å². The van der Waals surface area contributed by atoms with Gasteiger partial charge in [-0.2, -0.15) is 17.6 Å². The SMILES string of the molecule is CCCCCCc1cc(F)c(C(F)(F)Oc2ccc(C=Cc3cc(F)c(C(F)(F)Oc4cc(F)c(F)c(F)c4)c(F)c3)c(F)c2)c(F)c1. The number of benzene rings is 4. The van der Waals surface area contributed by atoms with Crippen LogP contribution in [0, 0.1) is 46.5 Å². The van der Waals surface area contributed by atoms with Crippen molar-refractivity contribution in [1.29, 1.82) is 0 Å². The van der Waals surface area contributed by atoms with E-state index in [1.807, 2.05) is 6.92 Å². The van der Waals surface area contributed by atoms with Crippen molar-refractivity contribution in [1.82, 2.24) is 0 Å². The minimum absolute atomic E-state index is 0.0368. The van der Waals surface area contributed by atoms with E-state index in [2.05, 4.69) is 9.47 Å². The maximum atomic E-state index is 14.8. The van der Waals surface area contributed by atoms with Crippen LogP contribution < -0.4 is 9.47 Å². The molecule has 0 unspecified atom stereocenters. The van der Waals surface area contributed by atoms with Crippen molar-refractivity contribution in [3.8, 4) is 11.5 Å². The van der Waals surface area contributed by atoms with E-state index in [0.717, 1.165) is 55.7 Å². The van der Waals surface area contributed by atoms with Gasteiger partial charge in [-0.1, -0.05) is 38.3 Å². The highest BCUT2D eigenvalue weighted by molar-refractivity contribution is 5.70. The largest absolute Gasteiger partial charge is 0.432 e. The number of rotatable bonds is 13. The fourth-order valence-corrected chi connectivity index (χ4v) is 4.65. The van der Waals surface area contributed by atoms with E-state index in [1.54, 1.807) is 0 Å². The lowest BCUT2D eigenvalue weighted by Crippen LogP contribution is -2.25. The van der Waals surface area contributed by atoms with E-state index in [1.165, 1.54) is 0 Å². The molecule has 0 heterocycles. The Hall–Kier alpha value is -4.62. The Balaban J connectivity index is 1.49. The summed E-state index contributed by atoms with van der Waals surface area (Å²) in [5.41, 5.74) is -4.26. The molecule has 4 aromatic carbocycles. The van der Waals surface area contributed by atoms with Gasteiger partial charge in [-0.3, -0.25) is 0 Å². The summed E-state index contributed by atoms with van der Waals surface area (Å²) in [6, 6.07) is 4.54. The van der Waals surface area contributed by atoms with Crippen molar-refractivity contribution < 1.29 is 62.2 Å². The zero-order valence-corrected chi connectivity index (χ0v) is 24.7. The third-order valence-corrected chi connectivity index (χ3v) is 6.94. The van der Waals surface area contributed by atoms with Crippen LogP contribution in [-0.2, 0) is 18.6 Å². The molecule has 0 atom stereocenters. The quantitative estimate of drug-likeness (QED) is 0.0601. The molecule has 256 valence electrons. The van der Waals surface area contributed by atoms with E-state index in [9.17, 15) is 52.7 Å². The monoisotopic (exact) mass is 692 g/mol. The smallest absolute Gasteiger partial charge is 0.429 e. The van der Waals surface area contributed by atoms with Crippen molar-refractivity contribution in [2.75, 3.05) is 0 Å². The highest BCUT2D eigenvalue weighted by atomic mass is 19.3. The van der Waals surface area contributed by atoms with E-state index < -0.39 is 86.9 Å². The lowest BCUT2D eigenvalue weighted by atomic mass is 10.0. The van der Waals surface area contributed by atoms with Gasteiger partial charge in [-0.15, -0.1) is 0 Å². The van der Waals surface area contributed by atoms with Gasteiger partial charge in [0.15, 0.2) is 17.5 Å². The molecule has 4 aromatic rings. The summed E-state index contributed by atoms with van der Waals surface area (Å²) in [5, 5.41) is 0. The molecule has 0 bridgehead atoms. The molecule has 2 nitrogen and oxygen atoms in total. The highest BCUT2D eigenvalue weighted by Crippen LogP contribution is 2.38. The number of ether oxygens (including phenoxy) is 2. The first kappa shape index (κ1) is 36.2. The van der Waals surface area contributed by atoms with E-state index >= 15 is 0 Å². The Kier molecular flexibility index (Phi) is 11.1. The molecule has 0 fully saturated rings. The average Bonchev–Trinajstić information content (AvgIpc) is 2.96. The second kappa shape index (κ2) is 14.7. The minimum atomic E-state index is -4.83. The fraction of sp³-hybridized carbons (Fsp3) is 0.235. The van der Waals surface area contributed by atoms with Crippen LogP contribution in [0.5, 0.6) is 11.5 Å². The molecule has 0 aliphatic rings. The molecule has 0 aliphatic carbocycles. The van der Waals surface area contributed by atoms with Gasteiger partial charge in [-0.25, -0.2) is 35.1 Å². The molecule has 4 rings (SSSR count). The lowest BCUT2D eigenvalue weighted by molar-refractivity contribution is -0.190. The maximum absolute atomic E-state index is 14.8. The van der Waals surface area contributed by atoms with Crippen molar-refractivity contribution in [2.24, 2.45) is 0 Å². The van der Waals surface area contributed by atoms with Crippen LogP contribution in [0.3, 0.4) is 0 Å². The van der Waals surface area contributed by atoms with Crippen LogP contribution in [0.15, 0.2) is 54.6 Å². The second-order valence-corrected chi connectivity index (χ2v) is 10.6.